The average Bonchev–Trinajstić information content (AvgIpc) is 2.92. The maximum atomic E-state index is 12.3. The predicted molar refractivity (Wildman–Crippen MR) is 108 cm³/mol. The van der Waals surface area contributed by atoms with Gasteiger partial charge in [-0.3, -0.25) is 9.59 Å². The maximum absolute atomic E-state index is 12.3. The monoisotopic (exact) mass is 398 g/mol. The Labute approximate surface area is 169 Å². The van der Waals surface area contributed by atoms with Gasteiger partial charge in [0.2, 0.25) is 0 Å². The van der Waals surface area contributed by atoms with Gasteiger partial charge in [-0.1, -0.05) is 51.2 Å². The van der Waals surface area contributed by atoms with Gasteiger partial charge in [-0.15, -0.1) is 0 Å². The Morgan fingerprint density at radius 3 is 2.57 bits per heavy atom. The van der Waals surface area contributed by atoms with E-state index in [4.69, 9.17) is 9.84 Å². The highest BCUT2D eigenvalue weighted by atomic mass is 16.5. The smallest absolute Gasteiger partial charge is 0.303 e. The fourth-order valence-corrected chi connectivity index (χ4v) is 3.92. The van der Waals surface area contributed by atoms with Gasteiger partial charge in [0.1, 0.15) is 11.9 Å². The van der Waals surface area contributed by atoms with Gasteiger partial charge < -0.3 is 20.1 Å². The summed E-state index contributed by atoms with van der Waals surface area (Å²) in [5, 5.41) is 29.5. The predicted octanol–water partition coefficient (Wildman–Crippen LogP) is 3.49. The summed E-state index contributed by atoms with van der Waals surface area (Å²) in [6.45, 7) is 3.97. The molecule has 1 saturated carbocycles. The second-order valence-electron chi connectivity index (χ2n) is 8.22. The van der Waals surface area contributed by atoms with Gasteiger partial charge in [-0.2, -0.15) is 0 Å². The van der Waals surface area contributed by atoms with E-state index in [0.29, 0.717) is 12.8 Å². The first-order valence-electron chi connectivity index (χ1n) is 10.6. The third-order valence-corrected chi connectivity index (χ3v) is 6.02. The molecule has 0 unspecified atom stereocenters. The summed E-state index contributed by atoms with van der Waals surface area (Å²) >= 11 is 0. The van der Waals surface area contributed by atoms with Crippen LogP contribution in [-0.2, 0) is 14.3 Å². The van der Waals surface area contributed by atoms with Crippen molar-refractivity contribution in [3.63, 3.8) is 0 Å². The van der Waals surface area contributed by atoms with Crippen molar-refractivity contribution in [2.75, 3.05) is 7.11 Å². The summed E-state index contributed by atoms with van der Waals surface area (Å²) in [5.41, 5.74) is -0.681. The molecule has 6 heteroatoms. The number of methoxy groups -OCH3 is 1. The summed E-state index contributed by atoms with van der Waals surface area (Å²) in [4.78, 5) is 22.8. The summed E-state index contributed by atoms with van der Waals surface area (Å²) in [7, 11) is 1.59. The zero-order valence-corrected chi connectivity index (χ0v) is 17.6. The lowest BCUT2D eigenvalue weighted by Gasteiger charge is -2.32. The first kappa shape index (κ1) is 24.8. The summed E-state index contributed by atoms with van der Waals surface area (Å²) < 4.78 is 5.54. The van der Waals surface area contributed by atoms with Crippen LogP contribution in [0.1, 0.15) is 78.1 Å². The van der Waals surface area contributed by atoms with Crippen molar-refractivity contribution in [1.29, 1.82) is 0 Å². The van der Waals surface area contributed by atoms with Gasteiger partial charge in [-0.25, -0.2) is 0 Å². The number of hydrogen-bond donors (Lipinski definition) is 3. The minimum Gasteiger partial charge on any atom is -0.481 e. The molecule has 5 atom stereocenters. The molecule has 6 nitrogen and oxygen atoms in total. The van der Waals surface area contributed by atoms with Crippen molar-refractivity contribution in [1.82, 2.24) is 0 Å². The lowest BCUT2D eigenvalue weighted by molar-refractivity contribution is -0.137. The molecule has 0 radical (unpaired) electrons. The number of ketones is 1. The number of rotatable bonds is 14. The number of carboxylic acid groups (broad SMARTS) is 1. The molecule has 1 fully saturated rings. The Hall–Kier alpha value is -1.24. The van der Waals surface area contributed by atoms with Crippen molar-refractivity contribution in [2.45, 2.75) is 95.9 Å². The summed E-state index contributed by atoms with van der Waals surface area (Å²) in [6.07, 6.45) is 8.87. The first-order valence-corrected chi connectivity index (χ1v) is 10.6. The molecule has 1 aliphatic carbocycles. The molecule has 162 valence electrons. The van der Waals surface area contributed by atoms with Gasteiger partial charge in [0.15, 0.2) is 0 Å². The number of Topliss-reactive ketones (excluding diaryl/α,β-unsaturated/α-hetero) is 1. The Balaban J connectivity index is 2.61. The maximum Gasteiger partial charge on any atom is 0.303 e. The molecular formula is C22H38O6. The van der Waals surface area contributed by atoms with E-state index in [0.717, 1.165) is 38.5 Å². The number of aliphatic carboxylic acids is 1. The average molecular weight is 399 g/mol. The number of hydrogen-bond acceptors (Lipinski definition) is 5. The van der Waals surface area contributed by atoms with Crippen LogP contribution in [0.5, 0.6) is 0 Å². The SMILES string of the molecule is CCCC[C@@](C)(OC)[C@H](O)/C=C/[C@H]1[C@H](O)CC(=O)[C@@H]1CCCCCCC(=O)O. The molecular weight excluding hydrogens is 360 g/mol. The van der Waals surface area contributed by atoms with Gasteiger partial charge in [-0.05, 0) is 26.2 Å². The van der Waals surface area contributed by atoms with Crippen molar-refractivity contribution in [3.8, 4) is 0 Å². The molecule has 0 aliphatic heterocycles. The Morgan fingerprint density at radius 1 is 1.29 bits per heavy atom. The van der Waals surface area contributed by atoms with E-state index in [2.05, 4.69) is 6.92 Å². The van der Waals surface area contributed by atoms with Gasteiger partial charge in [0.05, 0.1) is 11.7 Å². The second-order valence-corrected chi connectivity index (χ2v) is 8.22. The molecule has 0 aromatic rings. The van der Waals surface area contributed by atoms with Crippen LogP contribution in [0.15, 0.2) is 12.2 Å². The molecule has 28 heavy (non-hydrogen) atoms. The molecule has 0 aromatic carbocycles. The fourth-order valence-electron chi connectivity index (χ4n) is 3.92. The van der Waals surface area contributed by atoms with Gasteiger partial charge in [0, 0.05) is 31.8 Å². The normalized spacial score (nSPS) is 25.9. The van der Waals surface area contributed by atoms with Crippen molar-refractivity contribution < 1.29 is 29.6 Å². The van der Waals surface area contributed by atoms with Crippen LogP contribution in [0.4, 0.5) is 0 Å². The molecule has 0 saturated heterocycles. The van der Waals surface area contributed by atoms with Gasteiger partial charge in [0.25, 0.3) is 0 Å². The quantitative estimate of drug-likeness (QED) is 0.306. The van der Waals surface area contributed by atoms with E-state index in [1.165, 1.54) is 0 Å². The minimum absolute atomic E-state index is 0.0719. The number of aliphatic hydroxyl groups excluding tert-OH is 2. The van der Waals surface area contributed by atoms with E-state index < -0.39 is 23.8 Å². The first-order chi connectivity index (χ1) is 13.2. The zero-order chi connectivity index (χ0) is 21.2. The summed E-state index contributed by atoms with van der Waals surface area (Å²) in [5.74, 6) is -1.22. The summed E-state index contributed by atoms with van der Waals surface area (Å²) in [6, 6.07) is 0. The Bertz CT molecular complexity index is 517. The molecule has 0 spiro atoms. The highest BCUT2D eigenvalue weighted by molar-refractivity contribution is 5.84. The lowest BCUT2D eigenvalue weighted by atomic mass is 9.86. The lowest BCUT2D eigenvalue weighted by Crippen LogP contribution is -2.40. The largest absolute Gasteiger partial charge is 0.481 e. The molecule has 3 N–H and O–H groups in total. The number of carboxylic acids is 1. The second kappa shape index (κ2) is 12.3. The van der Waals surface area contributed by atoms with Crippen molar-refractivity contribution >= 4 is 11.8 Å². The van der Waals surface area contributed by atoms with Crippen LogP contribution in [0.3, 0.4) is 0 Å². The standard InChI is InChI=1S/C22H38O6/c1-4-5-14-22(2,28-3)20(25)13-12-17-16(18(23)15-19(17)24)10-8-6-7-9-11-21(26)27/h12-13,16-17,19-20,24-25H,4-11,14-15H2,1-3H3,(H,26,27)/b13-12+/t16-,17-,19-,20-,22-/m1/s1. The molecule has 0 aromatic heterocycles. The van der Waals surface area contributed by atoms with Crippen molar-refractivity contribution in [2.24, 2.45) is 11.8 Å². The van der Waals surface area contributed by atoms with E-state index >= 15 is 0 Å². The van der Waals surface area contributed by atoms with E-state index in [1.54, 1.807) is 19.3 Å². The molecule has 0 amide bonds. The zero-order valence-electron chi connectivity index (χ0n) is 17.6. The third kappa shape index (κ3) is 7.64. The van der Waals surface area contributed by atoms with Crippen LogP contribution in [-0.4, -0.2) is 52.0 Å². The Kier molecular flexibility index (Phi) is 10.9. The molecule has 0 bridgehead atoms. The van der Waals surface area contributed by atoms with E-state index in [9.17, 15) is 19.8 Å². The minimum atomic E-state index is -0.802. The number of unbranched alkanes of at least 4 members (excludes halogenated alkanes) is 4. The van der Waals surface area contributed by atoms with Crippen molar-refractivity contribution in [3.05, 3.63) is 12.2 Å². The topological polar surface area (TPSA) is 104 Å². The number of aliphatic hydroxyl groups is 2. The van der Waals surface area contributed by atoms with Crippen LogP contribution in [0, 0.1) is 11.8 Å². The van der Waals surface area contributed by atoms with E-state index in [1.807, 2.05) is 6.92 Å². The van der Waals surface area contributed by atoms with Crippen LogP contribution in [0.25, 0.3) is 0 Å². The van der Waals surface area contributed by atoms with E-state index in [-0.39, 0.29) is 30.5 Å². The van der Waals surface area contributed by atoms with Crippen LogP contribution in [0.2, 0.25) is 0 Å². The number of carbonyl (C=O) groups is 2. The van der Waals surface area contributed by atoms with Crippen LogP contribution < -0.4 is 0 Å². The fraction of sp³-hybridized carbons (Fsp3) is 0.818. The molecule has 1 aliphatic rings. The molecule has 0 heterocycles. The highest BCUT2D eigenvalue weighted by Crippen LogP contribution is 2.35. The van der Waals surface area contributed by atoms with Crippen LogP contribution >= 0.6 is 0 Å². The molecule has 1 rings (SSSR count). The number of carbonyl (C=O) groups excluding carboxylic acids is 1. The van der Waals surface area contributed by atoms with Gasteiger partial charge >= 0.3 is 5.97 Å². The third-order valence-electron chi connectivity index (χ3n) is 6.02. The highest BCUT2D eigenvalue weighted by Gasteiger charge is 2.40. The Morgan fingerprint density at radius 2 is 1.96 bits per heavy atom. The number of ether oxygens (including phenoxy) is 1.